The number of anilines is 1. The smallest absolute Gasteiger partial charge is 0.255 e. The molecule has 2 N–H and O–H groups in total. The molecule has 0 aliphatic heterocycles. The van der Waals surface area contributed by atoms with Crippen LogP contribution in [0.1, 0.15) is 41.3 Å². The Hall–Kier alpha value is -2.62. The Balaban J connectivity index is 1.71. The van der Waals surface area contributed by atoms with Crippen molar-refractivity contribution in [2.24, 2.45) is 0 Å². The second kappa shape index (κ2) is 6.48. The number of benzene rings is 2. The highest BCUT2D eigenvalue weighted by Gasteiger charge is 2.50. The Morgan fingerprint density at radius 1 is 1.08 bits per heavy atom. The van der Waals surface area contributed by atoms with Crippen molar-refractivity contribution in [3.05, 3.63) is 65.2 Å². The largest absolute Gasteiger partial charge is 0.356 e. The molecule has 0 aromatic heterocycles. The molecular formula is C20H22N2O2. The van der Waals surface area contributed by atoms with Gasteiger partial charge in [0.2, 0.25) is 5.91 Å². The molecule has 0 atom stereocenters. The summed E-state index contributed by atoms with van der Waals surface area (Å²) >= 11 is 0. The number of amides is 2. The summed E-state index contributed by atoms with van der Waals surface area (Å²) in [5.41, 5.74) is 3.07. The quantitative estimate of drug-likeness (QED) is 0.886. The maximum absolute atomic E-state index is 12.3. The standard InChI is InChI=1S/C20H22N2O2/c1-3-21-19(24)20(11-12-20)16-7-9-17(10-8-16)22-18(23)15-6-4-5-14(2)13-15/h4-10,13H,3,11-12H2,1-2H3,(H,21,24)(H,22,23). The third kappa shape index (κ3) is 3.18. The first kappa shape index (κ1) is 16.2. The van der Waals surface area contributed by atoms with Gasteiger partial charge in [-0.2, -0.15) is 0 Å². The van der Waals surface area contributed by atoms with Gasteiger partial charge in [-0.15, -0.1) is 0 Å². The van der Waals surface area contributed by atoms with Crippen LogP contribution in [0.2, 0.25) is 0 Å². The minimum absolute atomic E-state index is 0.0987. The van der Waals surface area contributed by atoms with E-state index in [1.807, 2.05) is 56.3 Å². The van der Waals surface area contributed by atoms with Crippen molar-refractivity contribution >= 4 is 17.5 Å². The van der Waals surface area contributed by atoms with Crippen molar-refractivity contribution in [2.45, 2.75) is 32.1 Å². The van der Waals surface area contributed by atoms with Crippen molar-refractivity contribution in [3.63, 3.8) is 0 Å². The molecule has 3 rings (SSSR count). The molecule has 0 heterocycles. The van der Waals surface area contributed by atoms with Gasteiger partial charge in [0.25, 0.3) is 5.91 Å². The molecule has 2 aromatic rings. The first-order valence-corrected chi connectivity index (χ1v) is 8.32. The lowest BCUT2D eigenvalue weighted by Crippen LogP contribution is -2.34. The van der Waals surface area contributed by atoms with E-state index in [0.717, 1.165) is 29.7 Å². The zero-order chi connectivity index (χ0) is 17.2. The third-order valence-electron chi connectivity index (χ3n) is 4.50. The second-order valence-corrected chi connectivity index (χ2v) is 6.34. The molecule has 4 nitrogen and oxygen atoms in total. The number of carbonyl (C=O) groups is 2. The van der Waals surface area contributed by atoms with Crippen LogP contribution in [0.25, 0.3) is 0 Å². The van der Waals surface area contributed by atoms with Gasteiger partial charge in [-0.25, -0.2) is 0 Å². The minimum atomic E-state index is -0.366. The number of aryl methyl sites for hydroxylation is 1. The Labute approximate surface area is 142 Å². The molecule has 24 heavy (non-hydrogen) atoms. The summed E-state index contributed by atoms with van der Waals surface area (Å²) < 4.78 is 0. The van der Waals surface area contributed by atoms with Crippen LogP contribution in [0.3, 0.4) is 0 Å². The molecule has 1 aliphatic rings. The number of rotatable bonds is 5. The van der Waals surface area contributed by atoms with E-state index < -0.39 is 0 Å². The Morgan fingerprint density at radius 2 is 1.79 bits per heavy atom. The fourth-order valence-electron chi connectivity index (χ4n) is 2.96. The van der Waals surface area contributed by atoms with Crippen molar-refractivity contribution in [1.82, 2.24) is 5.32 Å². The molecule has 0 spiro atoms. The molecule has 0 bridgehead atoms. The monoisotopic (exact) mass is 322 g/mol. The predicted molar refractivity (Wildman–Crippen MR) is 95.2 cm³/mol. The van der Waals surface area contributed by atoms with Crippen LogP contribution in [-0.2, 0) is 10.2 Å². The van der Waals surface area contributed by atoms with Gasteiger partial charge in [0.05, 0.1) is 5.41 Å². The lowest BCUT2D eigenvalue weighted by molar-refractivity contribution is -0.123. The molecule has 1 aliphatic carbocycles. The molecule has 4 heteroatoms. The van der Waals surface area contributed by atoms with Crippen LogP contribution >= 0.6 is 0 Å². The fourth-order valence-corrected chi connectivity index (χ4v) is 2.96. The highest BCUT2D eigenvalue weighted by molar-refractivity contribution is 6.04. The molecule has 2 amide bonds. The summed E-state index contributed by atoms with van der Waals surface area (Å²) in [6.07, 6.45) is 1.77. The minimum Gasteiger partial charge on any atom is -0.356 e. The van der Waals surface area contributed by atoms with Gasteiger partial charge >= 0.3 is 0 Å². The zero-order valence-electron chi connectivity index (χ0n) is 14.1. The fraction of sp³-hybridized carbons (Fsp3) is 0.300. The maximum atomic E-state index is 12.3. The SMILES string of the molecule is CCNC(=O)C1(c2ccc(NC(=O)c3cccc(C)c3)cc2)CC1. The van der Waals surface area contributed by atoms with Gasteiger partial charge in [-0.05, 0) is 56.5 Å². The molecule has 1 fully saturated rings. The topological polar surface area (TPSA) is 58.2 Å². The van der Waals surface area contributed by atoms with Crippen molar-refractivity contribution in [3.8, 4) is 0 Å². The van der Waals surface area contributed by atoms with E-state index in [1.54, 1.807) is 6.07 Å². The lowest BCUT2D eigenvalue weighted by atomic mass is 9.94. The third-order valence-corrected chi connectivity index (χ3v) is 4.50. The first-order valence-electron chi connectivity index (χ1n) is 8.32. The summed E-state index contributed by atoms with van der Waals surface area (Å²) in [7, 11) is 0. The zero-order valence-corrected chi connectivity index (χ0v) is 14.1. The van der Waals surface area contributed by atoms with E-state index >= 15 is 0 Å². The van der Waals surface area contributed by atoms with Crippen LogP contribution in [0.5, 0.6) is 0 Å². The molecule has 0 unspecified atom stereocenters. The van der Waals surface area contributed by atoms with E-state index in [9.17, 15) is 9.59 Å². The molecule has 1 saturated carbocycles. The van der Waals surface area contributed by atoms with E-state index in [1.165, 1.54) is 0 Å². The van der Waals surface area contributed by atoms with Gasteiger partial charge in [0, 0.05) is 17.8 Å². The molecule has 0 radical (unpaired) electrons. The number of hydrogen-bond donors (Lipinski definition) is 2. The van der Waals surface area contributed by atoms with Crippen LogP contribution in [0.15, 0.2) is 48.5 Å². The van der Waals surface area contributed by atoms with E-state index in [-0.39, 0.29) is 17.2 Å². The summed E-state index contributed by atoms with van der Waals surface area (Å²) in [4.78, 5) is 24.5. The lowest BCUT2D eigenvalue weighted by Gasteiger charge is -2.15. The maximum Gasteiger partial charge on any atom is 0.255 e. The van der Waals surface area contributed by atoms with Gasteiger partial charge in [0.1, 0.15) is 0 Å². The van der Waals surface area contributed by atoms with Gasteiger partial charge in [-0.3, -0.25) is 9.59 Å². The molecule has 0 saturated heterocycles. The Bertz CT molecular complexity index is 761. The number of likely N-dealkylation sites (N-methyl/N-ethyl adjacent to an activating group) is 1. The highest BCUT2D eigenvalue weighted by atomic mass is 16.2. The Morgan fingerprint density at radius 3 is 2.38 bits per heavy atom. The van der Waals surface area contributed by atoms with Crippen LogP contribution in [0.4, 0.5) is 5.69 Å². The number of hydrogen-bond acceptors (Lipinski definition) is 2. The number of carbonyl (C=O) groups excluding carboxylic acids is 2. The van der Waals surface area contributed by atoms with Crippen LogP contribution in [-0.4, -0.2) is 18.4 Å². The van der Waals surface area contributed by atoms with Crippen molar-refractivity contribution in [2.75, 3.05) is 11.9 Å². The normalized spacial score (nSPS) is 14.8. The van der Waals surface area contributed by atoms with Gasteiger partial charge in [-0.1, -0.05) is 29.8 Å². The molecule has 2 aromatic carbocycles. The molecular weight excluding hydrogens is 300 g/mol. The summed E-state index contributed by atoms with van der Waals surface area (Å²) in [6, 6.07) is 15.1. The predicted octanol–water partition coefficient (Wildman–Crippen LogP) is 3.42. The van der Waals surface area contributed by atoms with Gasteiger partial charge < -0.3 is 10.6 Å². The number of nitrogens with one attached hydrogen (secondary N) is 2. The molecule has 124 valence electrons. The van der Waals surface area contributed by atoms with E-state index in [4.69, 9.17) is 0 Å². The van der Waals surface area contributed by atoms with Crippen molar-refractivity contribution < 1.29 is 9.59 Å². The summed E-state index contributed by atoms with van der Waals surface area (Å²) in [6.45, 7) is 4.53. The van der Waals surface area contributed by atoms with Crippen LogP contribution < -0.4 is 10.6 Å². The van der Waals surface area contributed by atoms with Gasteiger partial charge in [0.15, 0.2) is 0 Å². The Kier molecular flexibility index (Phi) is 4.38. The highest BCUT2D eigenvalue weighted by Crippen LogP contribution is 2.48. The first-order chi connectivity index (χ1) is 11.5. The summed E-state index contributed by atoms with van der Waals surface area (Å²) in [5, 5.41) is 5.81. The average molecular weight is 322 g/mol. The van der Waals surface area contributed by atoms with Crippen molar-refractivity contribution in [1.29, 1.82) is 0 Å². The van der Waals surface area contributed by atoms with Crippen LogP contribution in [0, 0.1) is 6.92 Å². The second-order valence-electron chi connectivity index (χ2n) is 6.34. The summed E-state index contributed by atoms with van der Waals surface area (Å²) in [5.74, 6) is -0.0298. The average Bonchev–Trinajstić information content (AvgIpc) is 3.38. The van der Waals surface area contributed by atoms with E-state index in [2.05, 4.69) is 10.6 Å². The van der Waals surface area contributed by atoms with E-state index in [0.29, 0.717) is 12.1 Å².